The number of anilines is 1. The fourth-order valence-corrected chi connectivity index (χ4v) is 5.58. The highest BCUT2D eigenvalue weighted by atomic mass is 32.1. The Morgan fingerprint density at radius 3 is 2.79 bits per heavy atom. The average Bonchev–Trinajstić information content (AvgIpc) is 3.30. The number of aromatic amines is 1. The number of para-hydroxylation sites is 1. The number of fused-ring (bicyclic) bond motifs is 2. The molecule has 0 saturated carbocycles. The summed E-state index contributed by atoms with van der Waals surface area (Å²) in [5.74, 6) is -1.32. The lowest BCUT2D eigenvalue weighted by molar-refractivity contribution is -0.147. The van der Waals surface area contributed by atoms with Crippen LogP contribution in [0.1, 0.15) is 58.5 Å². The SMILES string of the molecule is COC(=O)c1c(NC(=O)COC(=O)CCCc2c[nH]c3ccccc23)sc2c1CCCCC2. The summed E-state index contributed by atoms with van der Waals surface area (Å²) in [7, 11) is 1.34. The molecule has 3 aromatic rings. The summed E-state index contributed by atoms with van der Waals surface area (Å²) in [5, 5.41) is 4.39. The van der Waals surface area contributed by atoms with Gasteiger partial charge >= 0.3 is 11.9 Å². The van der Waals surface area contributed by atoms with Gasteiger partial charge in [0, 0.05) is 28.4 Å². The molecule has 1 aliphatic carbocycles. The fraction of sp³-hybridized carbons (Fsp3) is 0.400. The minimum atomic E-state index is -0.457. The first-order valence-electron chi connectivity index (χ1n) is 11.3. The van der Waals surface area contributed by atoms with Crippen molar-refractivity contribution in [2.75, 3.05) is 19.0 Å². The molecule has 4 rings (SSSR count). The Morgan fingerprint density at radius 2 is 1.94 bits per heavy atom. The Balaban J connectivity index is 1.28. The second kappa shape index (κ2) is 10.7. The number of hydrogen-bond donors (Lipinski definition) is 2. The van der Waals surface area contributed by atoms with Crippen LogP contribution in [0.5, 0.6) is 0 Å². The second-order valence-corrected chi connectivity index (χ2v) is 9.29. The number of nitrogens with one attached hydrogen (secondary N) is 2. The zero-order chi connectivity index (χ0) is 23.2. The van der Waals surface area contributed by atoms with Gasteiger partial charge in [0.05, 0.1) is 12.7 Å². The van der Waals surface area contributed by atoms with E-state index in [0.717, 1.165) is 65.4 Å². The van der Waals surface area contributed by atoms with E-state index in [0.29, 0.717) is 17.0 Å². The Morgan fingerprint density at radius 1 is 1.12 bits per heavy atom. The zero-order valence-corrected chi connectivity index (χ0v) is 19.5. The summed E-state index contributed by atoms with van der Waals surface area (Å²) in [4.78, 5) is 41.3. The number of ether oxygens (including phenoxy) is 2. The van der Waals surface area contributed by atoms with Crippen molar-refractivity contribution in [2.45, 2.75) is 51.4 Å². The maximum atomic E-state index is 12.4. The largest absolute Gasteiger partial charge is 0.465 e. The minimum absolute atomic E-state index is 0.230. The topological polar surface area (TPSA) is 97.5 Å². The highest BCUT2D eigenvalue weighted by Crippen LogP contribution is 2.37. The number of esters is 2. The molecule has 0 saturated heterocycles. The number of H-pyrrole nitrogens is 1. The molecular weight excluding hydrogens is 440 g/mol. The van der Waals surface area contributed by atoms with E-state index in [9.17, 15) is 14.4 Å². The van der Waals surface area contributed by atoms with E-state index in [-0.39, 0.29) is 13.0 Å². The van der Waals surface area contributed by atoms with Crippen LogP contribution in [0, 0.1) is 0 Å². The molecule has 33 heavy (non-hydrogen) atoms. The number of aryl methyl sites for hydroxylation is 2. The lowest BCUT2D eigenvalue weighted by Crippen LogP contribution is -2.21. The maximum Gasteiger partial charge on any atom is 0.341 e. The van der Waals surface area contributed by atoms with Gasteiger partial charge in [-0.2, -0.15) is 0 Å². The molecule has 1 aliphatic rings. The molecule has 2 heterocycles. The van der Waals surface area contributed by atoms with Crippen LogP contribution in [0.25, 0.3) is 10.9 Å². The molecule has 8 heteroatoms. The van der Waals surface area contributed by atoms with Gasteiger partial charge in [0.1, 0.15) is 5.00 Å². The molecule has 0 atom stereocenters. The standard InChI is InChI=1S/C25H28N2O5S/c1-31-25(30)23-18-10-3-2-4-12-20(18)33-24(23)27-21(28)15-32-22(29)13-7-8-16-14-26-19-11-6-5-9-17(16)19/h5-6,9,11,14,26H,2-4,7-8,10,12-13,15H2,1H3,(H,27,28). The van der Waals surface area contributed by atoms with Crippen LogP contribution >= 0.6 is 11.3 Å². The molecule has 0 unspecified atom stereocenters. The number of aromatic nitrogens is 1. The summed E-state index contributed by atoms with van der Waals surface area (Å²) in [5.41, 5.74) is 3.65. The van der Waals surface area contributed by atoms with Crippen LogP contribution in [0.2, 0.25) is 0 Å². The van der Waals surface area contributed by atoms with Crippen molar-refractivity contribution < 1.29 is 23.9 Å². The first-order valence-corrected chi connectivity index (χ1v) is 12.1. The minimum Gasteiger partial charge on any atom is -0.465 e. The van der Waals surface area contributed by atoms with E-state index >= 15 is 0 Å². The molecule has 0 radical (unpaired) electrons. The number of hydrogen-bond acceptors (Lipinski definition) is 6. The maximum absolute atomic E-state index is 12.4. The van der Waals surface area contributed by atoms with Gasteiger partial charge < -0.3 is 19.8 Å². The summed E-state index contributed by atoms with van der Waals surface area (Å²) in [6, 6.07) is 8.04. The van der Waals surface area contributed by atoms with Crippen LogP contribution in [0.4, 0.5) is 5.00 Å². The van der Waals surface area contributed by atoms with Crippen LogP contribution in [0.3, 0.4) is 0 Å². The third-order valence-corrected chi connectivity index (χ3v) is 7.14. The quantitative estimate of drug-likeness (QED) is 0.366. The van der Waals surface area contributed by atoms with Crippen molar-refractivity contribution in [1.29, 1.82) is 0 Å². The highest BCUT2D eigenvalue weighted by molar-refractivity contribution is 7.17. The first kappa shape index (κ1) is 23.0. The van der Waals surface area contributed by atoms with Crippen LogP contribution < -0.4 is 5.32 Å². The van der Waals surface area contributed by atoms with Gasteiger partial charge in [-0.05, 0) is 55.7 Å². The van der Waals surface area contributed by atoms with Crippen LogP contribution in [0.15, 0.2) is 30.5 Å². The Labute approximate surface area is 196 Å². The molecule has 2 N–H and O–H groups in total. The molecule has 1 aromatic carbocycles. The smallest absolute Gasteiger partial charge is 0.341 e. The predicted octanol–water partition coefficient (Wildman–Crippen LogP) is 4.79. The number of rotatable bonds is 8. The third-order valence-electron chi connectivity index (χ3n) is 5.93. The van der Waals surface area contributed by atoms with E-state index in [1.807, 2.05) is 24.4 Å². The monoisotopic (exact) mass is 468 g/mol. The van der Waals surface area contributed by atoms with Crippen molar-refractivity contribution in [2.24, 2.45) is 0 Å². The van der Waals surface area contributed by atoms with Gasteiger partial charge in [-0.1, -0.05) is 24.6 Å². The predicted molar refractivity (Wildman–Crippen MR) is 128 cm³/mol. The van der Waals surface area contributed by atoms with Gasteiger partial charge in [0.15, 0.2) is 6.61 Å². The average molecular weight is 469 g/mol. The number of methoxy groups -OCH3 is 1. The molecular formula is C25H28N2O5S. The molecule has 174 valence electrons. The van der Waals surface area contributed by atoms with Gasteiger partial charge in [0.25, 0.3) is 5.91 Å². The van der Waals surface area contributed by atoms with Crippen LogP contribution in [-0.4, -0.2) is 36.5 Å². The summed E-state index contributed by atoms with van der Waals surface area (Å²) in [6.07, 6.45) is 8.47. The van der Waals surface area contributed by atoms with Crippen molar-refractivity contribution in [3.8, 4) is 0 Å². The van der Waals surface area contributed by atoms with E-state index < -0.39 is 17.8 Å². The zero-order valence-electron chi connectivity index (χ0n) is 18.7. The molecule has 0 fully saturated rings. The summed E-state index contributed by atoms with van der Waals surface area (Å²) < 4.78 is 10.1. The lowest BCUT2D eigenvalue weighted by Gasteiger charge is -2.08. The van der Waals surface area contributed by atoms with E-state index in [4.69, 9.17) is 9.47 Å². The normalized spacial score (nSPS) is 13.2. The number of carbonyl (C=O) groups excluding carboxylic acids is 3. The van der Waals surface area contributed by atoms with Crippen molar-refractivity contribution in [3.05, 3.63) is 52.0 Å². The third kappa shape index (κ3) is 5.45. The van der Waals surface area contributed by atoms with Crippen molar-refractivity contribution in [1.82, 2.24) is 4.98 Å². The van der Waals surface area contributed by atoms with Gasteiger partial charge in [0.2, 0.25) is 0 Å². The van der Waals surface area contributed by atoms with Crippen molar-refractivity contribution >= 4 is 45.1 Å². The molecule has 2 aromatic heterocycles. The number of amides is 1. The number of carbonyl (C=O) groups is 3. The van der Waals surface area contributed by atoms with E-state index in [1.165, 1.54) is 18.4 Å². The van der Waals surface area contributed by atoms with Gasteiger partial charge in [-0.15, -0.1) is 11.3 Å². The Bertz CT molecular complexity index is 1160. The van der Waals surface area contributed by atoms with Gasteiger partial charge in [-0.3, -0.25) is 9.59 Å². The first-order chi connectivity index (χ1) is 16.1. The van der Waals surface area contributed by atoms with Crippen LogP contribution in [-0.2, 0) is 38.3 Å². The molecule has 0 spiro atoms. The van der Waals surface area contributed by atoms with E-state index in [2.05, 4.69) is 16.4 Å². The Kier molecular flexibility index (Phi) is 7.44. The van der Waals surface area contributed by atoms with Crippen molar-refractivity contribution in [3.63, 3.8) is 0 Å². The fourth-order valence-electron chi connectivity index (χ4n) is 4.29. The van der Waals surface area contributed by atoms with E-state index in [1.54, 1.807) is 0 Å². The highest BCUT2D eigenvalue weighted by Gasteiger charge is 2.26. The Hall–Kier alpha value is -3.13. The number of thiophene rings is 1. The number of benzene rings is 1. The van der Waals surface area contributed by atoms with Gasteiger partial charge in [-0.25, -0.2) is 4.79 Å². The summed E-state index contributed by atoms with van der Waals surface area (Å²) >= 11 is 1.42. The molecule has 7 nitrogen and oxygen atoms in total. The lowest BCUT2D eigenvalue weighted by atomic mass is 10.1. The summed E-state index contributed by atoms with van der Waals surface area (Å²) in [6.45, 7) is -0.380. The molecule has 1 amide bonds. The molecule has 0 bridgehead atoms. The second-order valence-electron chi connectivity index (χ2n) is 8.18. The molecule has 0 aliphatic heterocycles.